The fourth-order valence-corrected chi connectivity index (χ4v) is 2.02. The maximum absolute atomic E-state index is 5.66. The molecule has 0 amide bonds. The summed E-state index contributed by atoms with van der Waals surface area (Å²) in [6.07, 6.45) is 2.05. The lowest BCUT2D eigenvalue weighted by Crippen LogP contribution is -2.08. The van der Waals surface area contributed by atoms with Crippen LogP contribution in [0, 0.1) is 0 Å². The van der Waals surface area contributed by atoms with E-state index in [0.717, 1.165) is 9.99 Å². The molecule has 0 spiro atoms. The van der Waals surface area contributed by atoms with Crippen molar-refractivity contribution in [2.75, 3.05) is 6.54 Å². The summed E-state index contributed by atoms with van der Waals surface area (Å²) in [6, 6.07) is 6.27. The van der Waals surface area contributed by atoms with Gasteiger partial charge in [0.05, 0.1) is 0 Å². The van der Waals surface area contributed by atoms with Crippen LogP contribution < -0.4 is 5.73 Å². The number of hydrogen-bond donors (Lipinski definition) is 2. The Morgan fingerprint density at radius 2 is 2.29 bits per heavy atom. The molecule has 0 aliphatic carbocycles. The summed E-state index contributed by atoms with van der Waals surface area (Å²) < 4.78 is 1.10. The van der Waals surface area contributed by atoms with Gasteiger partial charge in [0.2, 0.25) is 0 Å². The smallest absolute Gasteiger partial charge is 0.0468 e. The summed E-state index contributed by atoms with van der Waals surface area (Å²) >= 11 is 3.45. The molecule has 0 aliphatic rings. The molecule has 2 aromatic rings. The number of aromatic amines is 1. The Bertz CT molecular complexity index is 447. The van der Waals surface area contributed by atoms with Gasteiger partial charge in [-0.3, -0.25) is 0 Å². The van der Waals surface area contributed by atoms with Crippen molar-refractivity contribution in [1.82, 2.24) is 4.98 Å². The van der Waals surface area contributed by atoms with Crippen molar-refractivity contribution in [2.24, 2.45) is 5.73 Å². The topological polar surface area (TPSA) is 41.8 Å². The summed E-state index contributed by atoms with van der Waals surface area (Å²) in [5.74, 6) is 0.407. The van der Waals surface area contributed by atoms with Crippen LogP contribution in [-0.2, 0) is 0 Å². The van der Waals surface area contributed by atoms with Gasteiger partial charge in [-0.1, -0.05) is 28.9 Å². The van der Waals surface area contributed by atoms with Gasteiger partial charge in [-0.2, -0.15) is 0 Å². The largest absolute Gasteiger partial charge is 0.361 e. The van der Waals surface area contributed by atoms with E-state index < -0.39 is 0 Å². The zero-order chi connectivity index (χ0) is 10.1. The number of nitrogens with two attached hydrogens (primary N) is 1. The number of benzene rings is 1. The van der Waals surface area contributed by atoms with Crippen molar-refractivity contribution < 1.29 is 0 Å². The first-order valence-electron chi connectivity index (χ1n) is 4.69. The predicted octanol–water partition coefficient (Wildman–Crippen LogP) is 2.99. The number of rotatable bonds is 2. The van der Waals surface area contributed by atoms with Crippen molar-refractivity contribution in [3.63, 3.8) is 0 Å². The van der Waals surface area contributed by atoms with Gasteiger partial charge >= 0.3 is 0 Å². The highest BCUT2D eigenvalue weighted by Gasteiger charge is 2.09. The maximum Gasteiger partial charge on any atom is 0.0468 e. The first kappa shape index (κ1) is 9.74. The molecule has 3 heteroatoms. The Morgan fingerprint density at radius 3 is 3.00 bits per heavy atom. The molecule has 0 fully saturated rings. The number of nitrogens with one attached hydrogen (secondary N) is 1. The Kier molecular flexibility index (Phi) is 2.61. The maximum atomic E-state index is 5.66. The first-order chi connectivity index (χ1) is 6.72. The Morgan fingerprint density at radius 1 is 1.50 bits per heavy atom. The van der Waals surface area contributed by atoms with E-state index in [2.05, 4.69) is 52.2 Å². The minimum atomic E-state index is 0.407. The van der Waals surface area contributed by atoms with Crippen molar-refractivity contribution in [3.8, 4) is 0 Å². The number of halogens is 1. The van der Waals surface area contributed by atoms with Crippen molar-refractivity contribution in [1.29, 1.82) is 0 Å². The summed E-state index contributed by atoms with van der Waals surface area (Å²) in [7, 11) is 0. The first-order valence-corrected chi connectivity index (χ1v) is 5.48. The molecule has 0 saturated heterocycles. The van der Waals surface area contributed by atoms with Crippen LogP contribution in [0.3, 0.4) is 0 Å². The van der Waals surface area contributed by atoms with Crippen LogP contribution in [0.15, 0.2) is 28.9 Å². The van der Waals surface area contributed by atoms with Crippen LogP contribution >= 0.6 is 15.9 Å². The summed E-state index contributed by atoms with van der Waals surface area (Å²) in [5, 5.41) is 1.27. The fraction of sp³-hybridized carbons (Fsp3) is 0.273. The van der Waals surface area contributed by atoms with Gasteiger partial charge in [0.1, 0.15) is 0 Å². The zero-order valence-corrected chi connectivity index (χ0v) is 9.64. The van der Waals surface area contributed by atoms with Crippen LogP contribution in [0.25, 0.3) is 10.9 Å². The van der Waals surface area contributed by atoms with E-state index in [-0.39, 0.29) is 0 Å². The van der Waals surface area contributed by atoms with E-state index in [0.29, 0.717) is 12.5 Å². The monoisotopic (exact) mass is 252 g/mol. The van der Waals surface area contributed by atoms with E-state index in [1.165, 1.54) is 10.9 Å². The van der Waals surface area contributed by atoms with Crippen molar-refractivity contribution >= 4 is 26.8 Å². The molecule has 74 valence electrons. The van der Waals surface area contributed by atoms with Gasteiger partial charge in [0, 0.05) is 21.6 Å². The molecule has 1 heterocycles. The molecule has 3 N–H and O–H groups in total. The Balaban J connectivity index is 2.58. The Hall–Kier alpha value is -0.800. The third-order valence-electron chi connectivity index (χ3n) is 2.56. The molecule has 1 unspecified atom stereocenters. The summed E-state index contributed by atoms with van der Waals surface area (Å²) in [6.45, 7) is 2.83. The molecule has 0 aliphatic heterocycles. The van der Waals surface area contributed by atoms with Gasteiger partial charge in [0.25, 0.3) is 0 Å². The van der Waals surface area contributed by atoms with Crippen molar-refractivity contribution in [2.45, 2.75) is 12.8 Å². The molecular formula is C11H13BrN2. The number of hydrogen-bond acceptors (Lipinski definition) is 1. The molecule has 0 bridgehead atoms. The standard InChI is InChI=1S/C11H13BrN2/c1-7(5-13)10-6-14-11-4-8(12)2-3-9(10)11/h2-4,6-7,14H,5,13H2,1H3. The normalized spacial score (nSPS) is 13.4. The van der Waals surface area contributed by atoms with Crippen LogP contribution in [0.4, 0.5) is 0 Å². The SMILES string of the molecule is CC(CN)c1c[nH]c2cc(Br)ccc12. The molecule has 0 radical (unpaired) electrons. The number of fused-ring (bicyclic) bond motifs is 1. The lowest BCUT2D eigenvalue weighted by atomic mass is 10.0. The van der Waals surface area contributed by atoms with E-state index in [1.807, 2.05) is 0 Å². The fourth-order valence-electron chi connectivity index (χ4n) is 1.66. The van der Waals surface area contributed by atoms with Crippen LogP contribution in [0.5, 0.6) is 0 Å². The summed E-state index contributed by atoms with van der Waals surface area (Å²) in [5.41, 5.74) is 8.12. The highest BCUT2D eigenvalue weighted by Crippen LogP contribution is 2.26. The highest BCUT2D eigenvalue weighted by molar-refractivity contribution is 9.10. The van der Waals surface area contributed by atoms with Gasteiger partial charge in [0.15, 0.2) is 0 Å². The lowest BCUT2D eigenvalue weighted by Gasteiger charge is -2.06. The molecule has 1 aromatic heterocycles. The van der Waals surface area contributed by atoms with Crippen LogP contribution in [0.2, 0.25) is 0 Å². The van der Waals surface area contributed by atoms with Crippen LogP contribution in [-0.4, -0.2) is 11.5 Å². The van der Waals surface area contributed by atoms with Crippen LogP contribution in [0.1, 0.15) is 18.4 Å². The van der Waals surface area contributed by atoms with E-state index in [4.69, 9.17) is 5.73 Å². The second-order valence-corrected chi connectivity index (χ2v) is 4.49. The quantitative estimate of drug-likeness (QED) is 0.848. The molecule has 14 heavy (non-hydrogen) atoms. The minimum Gasteiger partial charge on any atom is -0.361 e. The van der Waals surface area contributed by atoms with Gasteiger partial charge < -0.3 is 10.7 Å². The molecule has 2 nitrogen and oxygen atoms in total. The predicted molar refractivity (Wildman–Crippen MR) is 63.5 cm³/mol. The molecular weight excluding hydrogens is 240 g/mol. The van der Waals surface area contributed by atoms with Gasteiger partial charge in [-0.05, 0) is 30.2 Å². The third-order valence-corrected chi connectivity index (χ3v) is 3.05. The highest BCUT2D eigenvalue weighted by atomic mass is 79.9. The van der Waals surface area contributed by atoms with E-state index >= 15 is 0 Å². The average Bonchev–Trinajstić information content (AvgIpc) is 2.59. The molecule has 1 atom stereocenters. The second kappa shape index (κ2) is 3.75. The average molecular weight is 253 g/mol. The number of aromatic nitrogens is 1. The third kappa shape index (κ3) is 1.57. The zero-order valence-electron chi connectivity index (χ0n) is 8.05. The van der Waals surface area contributed by atoms with Crippen molar-refractivity contribution in [3.05, 3.63) is 34.4 Å². The van der Waals surface area contributed by atoms with E-state index in [1.54, 1.807) is 0 Å². The lowest BCUT2D eigenvalue weighted by molar-refractivity contribution is 0.780. The Labute approximate surface area is 91.6 Å². The minimum absolute atomic E-state index is 0.407. The second-order valence-electron chi connectivity index (χ2n) is 3.57. The summed E-state index contributed by atoms with van der Waals surface area (Å²) in [4.78, 5) is 3.26. The van der Waals surface area contributed by atoms with Gasteiger partial charge in [-0.25, -0.2) is 0 Å². The molecule has 1 aromatic carbocycles. The van der Waals surface area contributed by atoms with Gasteiger partial charge in [-0.15, -0.1) is 0 Å². The van der Waals surface area contributed by atoms with E-state index in [9.17, 15) is 0 Å². The molecule has 0 saturated carbocycles. The number of H-pyrrole nitrogens is 1. The molecule has 2 rings (SSSR count).